The number of carbonyl (C=O) groups excluding carboxylic acids is 2. The molecule has 0 N–H and O–H groups in total. The number of piperazine rings is 1. The van der Waals surface area contributed by atoms with Gasteiger partial charge in [0.15, 0.2) is 0 Å². The van der Waals surface area contributed by atoms with Crippen LogP contribution in [-0.2, 0) is 14.0 Å². The highest BCUT2D eigenvalue weighted by atomic mass is 16.7. The van der Waals surface area contributed by atoms with Gasteiger partial charge >= 0.3 is 13.2 Å². The lowest BCUT2D eigenvalue weighted by molar-refractivity contribution is 0.00193. The number of nitrogens with zero attached hydrogens (tertiary/aromatic N) is 2. The van der Waals surface area contributed by atoms with Crippen molar-refractivity contribution in [2.24, 2.45) is 0 Å². The predicted molar refractivity (Wildman–Crippen MR) is 127 cm³/mol. The van der Waals surface area contributed by atoms with Crippen LogP contribution in [0.15, 0.2) is 18.2 Å². The minimum atomic E-state index is -0.559. The van der Waals surface area contributed by atoms with Gasteiger partial charge in [-0.05, 0) is 73.0 Å². The summed E-state index contributed by atoms with van der Waals surface area (Å²) in [6.07, 6.45) is -0.355. The molecule has 2 fully saturated rings. The van der Waals surface area contributed by atoms with Crippen LogP contribution in [0.2, 0.25) is 0 Å². The van der Waals surface area contributed by atoms with Crippen molar-refractivity contribution in [2.75, 3.05) is 26.7 Å². The minimum absolute atomic E-state index is 0.136. The molecule has 1 atom stereocenters. The van der Waals surface area contributed by atoms with Gasteiger partial charge in [-0.15, -0.1) is 0 Å². The Morgan fingerprint density at radius 1 is 1.09 bits per heavy atom. The Kier molecular flexibility index (Phi) is 6.79. The van der Waals surface area contributed by atoms with Crippen LogP contribution in [0.3, 0.4) is 0 Å². The Morgan fingerprint density at radius 3 is 2.21 bits per heavy atom. The Bertz CT molecular complexity index is 895. The zero-order chi connectivity index (χ0) is 24.8. The van der Waals surface area contributed by atoms with Gasteiger partial charge in [0.05, 0.1) is 23.9 Å². The lowest BCUT2D eigenvalue weighted by atomic mass is 9.78. The van der Waals surface area contributed by atoms with Crippen LogP contribution in [-0.4, -0.2) is 78.5 Å². The van der Waals surface area contributed by atoms with Gasteiger partial charge in [-0.1, -0.05) is 6.07 Å². The fraction of sp³-hybridized carbons (Fsp3) is 0.667. The first kappa shape index (κ1) is 25.4. The van der Waals surface area contributed by atoms with Gasteiger partial charge in [0.2, 0.25) is 0 Å². The molecule has 0 aromatic heterocycles. The van der Waals surface area contributed by atoms with Crippen molar-refractivity contribution in [1.82, 2.24) is 9.80 Å². The number of hydrogen-bond donors (Lipinski definition) is 0. The van der Waals surface area contributed by atoms with Crippen molar-refractivity contribution in [3.05, 3.63) is 23.8 Å². The summed E-state index contributed by atoms with van der Waals surface area (Å²) in [5, 5.41) is 0. The molecule has 1 unspecified atom stereocenters. The maximum atomic E-state index is 13.3. The second-order valence-electron chi connectivity index (χ2n) is 10.8. The van der Waals surface area contributed by atoms with Crippen LogP contribution in [0, 0.1) is 0 Å². The number of methoxy groups -OCH3 is 1. The summed E-state index contributed by atoms with van der Waals surface area (Å²) in [6, 6.07) is 5.24. The minimum Gasteiger partial charge on any atom is -0.496 e. The van der Waals surface area contributed by atoms with Gasteiger partial charge in [0.25, 0.3) is 5.91 Å². The summed E-state index contributed by atoms with van der Waals surface area (Å²) in [5.41, 5.74) is -0.205. The summed E-state index contributed by atoms with van der Waals surface area (Å²) >= 11 is 0. The Hall–Kier alpha value is -2.26. The second-order valence-corrected chi connectivity index (χ2v) is 10.8. The molecule has 2 aliphatic heterocycles. The lowest BCUT2D eigenvalue weighted by Crippen LogP contribution is -2.56. The summed E-state index contributed by atoms with van der Waals surface area (Å²) in [4.78, 5) is 29.2. The highest BCUT2D eigenvalue weighted by Crippen LogP contribution is 2.37. The molecule has 0 saturated carbocycles. The van der Waals surface area contributed by atoms with Gasteiger partial charge < -0.3 is 28.6 Å². The molecule has 0 radical (unpaired) electrons. The topological polar surface area (TPSA) is 77.5 Å². The van der Waals surface area contributed by atoms with Crippen LogP contribution < -0.4 is 10.2 Å². The first-order valence-electron chi connectivity index (χ1n) is 11.5. The average molecular weight is 460 g/mol. The molecule has 0 bridgehead atoms. The smallest absolute Gasteiger partial charge is 0.494 e. The molecule has 8 nitrogen and oxygen atoms in total. The Balaban J connectivity index is 1.73. The molecule has 2 saturated heterocycles. The molecule has 3 rings (SSSR count). The molecule has 0 spiro atoms. The first-order chi connectivity index (χ1) is 15.1. The number of ether oxygens (including phenoxy) is 2. The van der Waals surface area contributed by atoms with Crippen LogP contribution in [0.1, 0.15) is 65.7 Å². The van der Waals surface area contributed by atoms with Crippen molar-refractivity contribution >= 4 is 24.6 Å². The summed E-state index contributed by atoms with van der Waals surface area (Å²) in [5.74, 6) is 0.331. The van der Waals surface area contributed by atoms with Crippen molar-refractivity contribution in [3.8, 4) is 5.75 Å². The molecule has 33 heavy (non-hydrogen) atoms. The molecule has 2 aliphatic rings. The third kappa shape index (κ3) is 5.30. The van der Waals surface area contributed by atoms with Gasteiger partial charge in [-0.2, -0.15) is 0 Å². The fourth-order valence-electron chi connectivity index (χ4n) is 3.91. The molecule has 1 aromatic carbocycles. The van der Waals surface area contributed by atoms with Gasteiger partial charge in [-0.3, -0.25) is 4.79 Å². The fourth-order valence-corrected chi connectivity index (χ4v) is 3.91. The number of amides is 2. The predicted octanol–water partition coefficient (Wildman–Crippen LogP) is 3.08. The maximum Gasteiger partial charge on any atom is 0.494 e. The number of benzene rings is 1. The zero-order valence-electron chi connectivity index (χ0n) is 21.4. The summed E-state index contributed by atoms with van der Waals surface area (Å²) in [6.45, 7) is 16.7. The number of carbonyl (C=O) groups is 2. The third-order valence-corrected chi connectivity index (χ3v) is 6.52. The van der Waals surface area contributed by atoms with E-state index in [1.165, 1.54) is 0 Å². The van der Waals surface area contributed by atoms with E-state index in [9.17, 15) is 9.59 Å². The van der Waals surface area contributed by atoms with E-state index < -0.39 is 23.9 Å². The first-order valence-corrected chi connectivity index (χ1v) is 11.5. The van der Waals surface area contributed by atoms with E-state index in [1.807, 2.05) is 61.5 Å². The SMILES string of the molecule is COc1cc(B2OC(C)(C)C(C)(C)O2)ccc1C(=O)N1CCN(C(=O)OC(C)(C)C)C(C)C1. The van der Waals surface area contributed by atoms with Crippen molar-refractivity contribution in [3.63, 3.8) is 0 Å². The molecular weight excluding hydrogens is 423 g/mol. The lowest BCUT2D eigenvalue weighted by Gasteiger charge is -2.40. The Labute approximate surface area is 197 Å². The van der Waals surface area contributed by atoms with E-state index >= 15 is 0 Å². The standard InChI is InChI=1S/C24H37BN2O6/c1-16-15-26(12-13-27(16)21(29)31-22(2,3)4)20(28)18-11-10-17(14-19(18)30-9)25-32-23(5,6)24(7,8)33-25/h10-11,14,16H,12-13,15H2,1-9H3. The molecule has 0 aliphatic carbocycles. The highest BCUT2D eigenvalue weighted by Gasteiger charge is 2.51. The molecule has 182 valence electrons. The van der Waals surface area contributed by atoms with Crippen LogP contribution in [0.25, 0.3) is 0 Å². The van der Waals surface area contributed by atoms with E-state index in [0.29, 0.717) is 30.9 Å². The second kappa shape index (κ2) is 8.83. The molecular formula is C24H37BN2O6. The van der Waals surface area contributed by atoms with Crippen molar-refractivity contribution in [1.29, 1.82) is 0 Å². The van der Waals surface area contributed by atoms with Crippen molar-refractivity contribution < 1.29 is 28.4 Å². The van der Waals surface area contributed by atoms with Crippen LogP contribution in [0.4, 0.5) is 4.79 Å². The van der Waals surface area contributed by atoms with E-state index in [4.69, 9.17) is 18.8 Å². The largest absolute Gasteiger partial charge is 0.496 e. The molecule has 1 aromatic rings. The number of hydrogen-bond acceptors (Lipinski definition) is 6. The van der Waals surface area contributed by atoms with Gasteiger partial charge in [0, 0.05) is 25.7 Å². The summed E-state index contributed by atoms with van der Waals surface area (Å²) in [7, 11) is 1.01. The van der Waals surface area contributed by atoms with Gasteiger partial charge in [-0.25, -0.2) is 4.79 Å². The van der Waals surface area contributed by atoms with E-state index in [2.05, 4.69) is 0 Å². The van der Waals surface area contributed by atoms with E-state index in [0.717, 1.165) is 5.46 Å². The Morgan fingerprint density at radius 2 is 1.70 bits per heavy atom. The molecule has 2 heterocycles. The maximum absolute atomic E-state index is 13.3. The van der Waals surface area contributed by atoms with Crippen LogP contribution >= 0.6 is 0 Å². The van der Waals surface area contributed by atoms with E-state index in [1.54, 1.807) is 29.0 Å². The van der Waals surface area contributed by atoms with Crippen LogP contribution in [0.5, 0.6) is 5.75 Å². The average Bonchev–Trinajstić information content (AvgIpc) is 2.92. The summed E-state index contributed by atoms with van der Waals surface area (Å²) < 4.78 is 23.3. The third-order valence-electron chi connectivity index (χ3n) is 6.52. The normalized spacial score (nSPS) is 22.3. The number of rotatable bonds is 3. The monoisotopic (exact) mass is 460 g/mol. The van der Waals surface area contributed by atoms with Crippen molar-refractivity contribution in [2.45, 2.75) is 78.2 Å². The molecule has 2 amide bonds. The molecule has 9 heteroatoms. The quantitative estimate of drug-likeness (QED) is 0.646. The zero-order valence-corrected chi connectivity index (χ0v) is 21.4. The van der Waals surface area contributed by atoms with E-state index in [-0.39, 0.29) is 18.0 Å². The van der Waals surface area contributed by atoms with Gasteiger partial charge in [0.1, 0.15) is 11.4 Å². The highest BCUT2D eigenvalue weighted by molar-refractivity contribution is 6.62.